The summed E-state index contributed by atoms with van der Waals surface area (Å²) in [5.41, 5.74) is 0.122. The number of amides is 4. The Kier molecular flexibility index (Phi) is 6.15. The number of hydrogen-bond acceptors (Lipinski definition) is 5. The van der Waals surface area contributed by atoms with E-state index in [1.165, 1.54) is 54.6 Å². The normalized spacial score (nSPS) is 14.4. The van der Waals surface area contributed by atoms with Gasteiger partial charge in [0.2, 0.25) is 5.91 Å². The Morgan fingerprint density at radius 2 is 1.91 bits per heavy atom. The SMILES string of the molecule is O=C(CN1C(=O)N/C(=C/c2ccc(-c3cc(C(=O)O)ccc3Cl)o2)C1=O)Nc1ccccc1F. The fourth-order valence-electron chi connectivity index (χ4n) is 3.18. The molecule has 2 heterocycles. The topological polar surface area (TPSA) is 129 Å². The van der Waals surface area contributed by atoms with Gasteiger partial charge in [0, 0.05) is 11.6 Å². The number of carboxylic acid groups (broad SMARTS) is 1. The third-order valence-electron chi connectivity index (χ3n) is 4.80. The molecule has 0 bridgehead atoms. The van der Waals surface area contributed by atoms with E-state index in [2.05, 4.69) is 10.6 Å². The van der Waals surface area contributed by atoms with Gasteiger partial charge in [-0.3, -0.25) is 9.59 Å². The fourth-order valence-corrected chi connectivity index (χ4v) is 3.39. The van der Waals surface area contributed by atoms with Crippen molar-refractivity contribution in [3.8, 4) is 11.3 Å². The molecule has 34 heavy (non-hydrogen) atoms. The second-order valence-corrected chi connectivity index (χ2v) is 7.52. The van der Waals surface area contributed by atoms with Gasteiger partial charge in [-0.05, 0) is 42.5 Å². The van der Waals surface area contributed by atoms with Crippen molar-refractivity contribution in [2.75, 3.05) is 11.9 Å². The quantitative estimate of drug-likeness (QED) is 0.359. The number of aromatic carboxylic acids is 1. The molecule has 1 fully saturated rings. The highest BCUT2D eigenvalue weighted by atomic mass is 35.5. The number of nitrogens with zero attached hydrogens (tertiary/aromatic N) is 1. The van der Waals surface area contributed by atoms with Crippen LogP contribution in [-0.2, 0) is 9.59 Å². The maximum absolute atomic E-state index is 13.7. The van der Waals surface area contributed by atoms with Crippen LogP contribution in [0.4, 0.5) is 14.9 Å². The lowest BCUT2D eigenvalue weighted by atomic mass is 10.1. The number of halogens is 2. The molecule has 0 radical (unpaired) electrons. The van der Waals surface area contributed by atoms with Crippen LogP contribution in [0, 0.1) is 5.82 Å². The summed E-state index contributed by atoms with van der Waals surface area (Å²) in [6.45, 7) is -0.628. The van der Waals surface area contributed by atoms with Gasteiger partial charge in [-0.1, -0.05) is 23.7 Å². The van der Waals surface area contributed by atoms with Crippen molar-refractivity contribution in [2.24, 2.45) is 0 Å². The monoisotopic (exact) mass is 483 g/mol. The van der Waals surface area contributed by atoms with E-state index >= 15 is 0 Å². The number of carbonyl (C=O) groups excluding carboxylic acids is 3. The Bertz CT molecular complexity index is 1370. The minimum atomic E-state index is -1.13. The molecule has 1 aromatic heterocycles. The van der Waals surface area contributed by atoms with Crippen molar-refractivity contribution in [3.05, 3.63) is 82.5 Å². The van der Waals surface area contributed by atoms with Gasteiger partial charge in [-0.25, -0.2) is 18.9 Å². The minimum absolute atomic E-state index is 0.0123. The number of carbonyl (C=O) groups is 4. The first-order valence-corrected chi connectivity index (χ1v) is 10.1. The molecule has 2 aromatic carbocycles. The van der Waals surface area contributed by atoms with E-state index in [4.69, 9.17) is 21.1 Å². The number of anilines is 1. The van der Waals surface area contributed by atoms with Crippen LogP contribution in [0.25, 0.3) is 17.4 Å². The summed E-state index contributed by atoms with van der Waals surface area (Å²) in [7, 11) is 0. The lowest BCUT2D eigenvalue weighted by Crippen LogP contribution is -2.38. The number of carboxylic acids is 1. The van der Waals surface area contributed by atoms with E-state index in [0.29, 0.717) is 10.5 Å². The number of nitrogens with one attached hydrogen (secondary N) is 2. The maximum Gasteiger partial charge on any atom is 0.335 e. The van der Waals surface area contributed by atoms with Gasteiger partial charge in [-0.2, -0.15) is 0 Å². The molecule has 1 aliphatic rings. The summed E-state index contributed by atoms with van der Waals surface area (Å²) in [6, 6.07) is 11.8. The zero-order valence-electron chi connectivity index (χ0n) is 17.2. The van der Waals surface area contributed by atoms with E-state index < -0.39 is 36.2 Å². The summed E-state index contributed by atoms with van der Waals surface area (Å²) in [4.78, 5) is 48.9. The molecular weight excluding hydrogens is 469 g/mol. The van der Waals surface area contributed by atoms with Crippen LogP contribution in [0.2, 0.25) is 5.02 Å². The van der Waals surface area contributed by atoms with Crippen molar-refractivity contribution in [2.45, 2.75) is 0 Å². The van der Waals surface area contributed by atoms with Crippen LogP contribution in [0.1, 0.15) is 16.1 Å². The van der Waals surface area contributed by atoms with Crippen LogP contribution < -0.4 is 10.6 Å². The number of furan rings is 1. The van der Waals surface area contributed by atoms with Gasteiger partial charge in [0.05, 0.1) is 16.3 Å². The molecule has 172 valence electrons. The molecule has 0 aliphatic carbocycles. The second-order valence-electron chi connectivity index (χ2n) is 7.11. The van der Waals surface area contributed by atoms with E-state index in [1.54, 1.807) is 0 Å². The number of hydrogen-bond donors (Lipinski definition) is 3. The first kappa shape index (κ1) is 22.7. The van der Waals surface area contributed by atoms with Gasteiger partial charge in [-0.15, -0.1) is 0 Å². The van der Waals surface area contributed by atoms with Crippen LogP contribution in [0.3, 0.4) is 0 Å². The zero-order valence-corrected chi connectivity index (χ0v) is 17.9. The predicted octanol–water partition coefficient (Wildman–Crippen LogP) is 3.97. The first-order chi connectivity index (χ1) is 16.2. The first-order valence-electron chi connectivity index (χ1n) is 9.75. The van der Waals surface area contributed by atoms with Gasteiger partial charge in [0.15, 0.2) is 0 Å². The molecule has 11 heteroatoms. The van der Waals surface area contributed by atoms with Crippen LogP contribution in [-0.4, -0.2) is 40.4 Å². The lowest BCUT2D eigenvalue weighted by molar-refractivity contribution is -0.127. The lowest BCUT2D eigenvalue weighted by Gasteiger charge is -2.12. The smallest absolute Gasteiger partial charge is 0.335 e. The third kappa shape index (κ3) is 4.66. The summed E-state index contributed by atoms with van der Waals surface area (Å²) < 4.78 is 19.3. The van der Waals surface area contributed by atoms with Crippen molar-refractivity contribution in [1.82, 2.24) is 10.2 Å². The highest BCUT2D eigenvalue weighted by Crippen LogP contribution is 2.31. The summed E-state index contributed by atoms with van der Waals surface area (Å²) in [5.74, 6) is -2.91. The molecule has 0 atom stereocenters. The molecule has 0 spiro atoms. The molecule has 4 amide bonds. The Hall–Kier alpha value is -4.44. The van der Waals surface area contributed by atoms with Gasteiger partial charge < -0.3 is 20.2 Å². The van der Waals surface area contributed by atoms with E-state index in [-0.39, 0.29) is 33.5 Å². The highest BCUT2D eigenvalue weighted by molar-refractivity contribution is 6.33. The molecule has 3 aromatic rings. The number of imide groups is 1. The number of benzene rings is 2. The van der Waals surface area contributed by atoms with Crippen molar-refractivity contribution in [3.63, 3.8) is 0 Å². The summed E-state index contributed by atoms with van der Waals surface area (Å²) in [6.07, 6.45) is 1.26. The Morgan fingerprint density at radius 3 is 2.65 bits per heavy atom. The predicted molar refractivity (Wildman–Crippen MR) is 119 cm³/mol. The molecule has 0 unspecified atom stereocenters. The molecule has 0 saturated carbocycles. The van der Waals surface area contributed by atoms with E-state index in [9.17, 15) is 23.6 Å². The Balaban J connectivity index is 1.49. The summed E-state index contributed by atoms with van der Waals surface area (Å²) >= 11 is 6.15. The van der Waals surface area contributed by atoms with Crippen LogP contribution >= 0.6 is 11.6 Å². The van der Waals surface area contributed by atoms with Gasteiger partial charge in [0.1, 0.15) is 29.6 Å². The average molecular weight is 484 g/mol. The Labute approximate surface area is 196 Å². The van der Waals surface area contributed by atoms with Crippen LogP contribution in [0.5, 0.6) is 0 Å². The molecule has 1 aliphatic heterocycles. The molecule has 1 saturated heterocycles. The van der Waals surface area contributed by atoms with Gasteiger partial charge in [0.25, 0.3) is 5.91 Å². The molecule has 9 nitrogen and oxygen atoms in total. The fraction of sp³-hybridized carbons (Fsp3) is 0.0435. The second kappa shape index (κ2) is 9.20. The van der Waals surface area contributed by atoms with Gasteiger partial charge >= 0.3 is 12.0 Å². The molecule has 4 rings (SSSR count). The van der Waals surface area contributed by atoms with Crippen molar-refractivity contribution >= 4 is 47.2 Å². The average Bonchev–Trinajstić information content (AvgIpc) is 3.36. The highest BCUT2D eigenvalue weighted by Gasteiger charge is 2.35. The zero-order chi connectivity index (χ0) is 24.4. The Morgan fingerprint density at radius 1 is 1.15 bits per heavy atom. The van der Waals surface area contributed by atoms with E-state index in [1.807, 2.05) is 0 Å². The largest absolute Gasteiger partial charge is 0.478 e. The van der Waals surface area contributed by atoms with Crippen molar-refractivity contribution in [1.29, 1.82) is 0 Å². The minimum Gasteiger partial charge on any atom is -0.478 e. The van der Waals surface area contributed by atoms with Crippen molar-refractivity contribution < 1.29 is 33.1 Å². The number of para-hydroxylation sites is 1. The maximum atomic E-state index is 13.7. The van der Waals surface area contributed by atoms with E-state index in [0.717, 1.165) is 6.07 Å². The standard InChI is InChI=1S/C23H15ClFN3O6/c24-15-7-5-12(22(31)32)9-14(15)19-8-6-13(34-19)10-18-21(30)28(23(33)27-18)11-20(29)26-17-4-2-1-3-16(17)25/h1-10H,11H2,(H,26,29)(H,27,33)(H,31,32)/b18-10+. The number of urea groups is 1. The molecular formula is C23H15ClFN3O6. The molecule has 3 N–H and O–H groups in total. The third-order valence-corrected chi connectivity index (χ3v) is 5.13. The van der Waals surface area contributed by atoms with Crippen LogP contribution in [0.15, 0.2) is 64.7 Å². The number of rotatable bonds is 6. The summed E-state index contributed by atoms with van der Waals surface area (Å²) in [5, 5.41) is 14.1.